The van der Waals surface area contributed by atoms with Gasteiger partial charge in [-0.05, 0) is 25.5 Å². The molecule has 0 aliphatic carbocycles. The molecule has 0 atom stereocenters. The Balaban J connectivity index is 2.80. The first-order chi connectivity index (χ1) is 9.06. The number of nitrogens with one attached hydrogen (secondary N) is 2. The Morgan fingerprint density at radius 2 is 2.05 bits per heavy atom. The molecule has 0 spiro atoms. The second-order valence-electron chi connectivity index (χ2n) is 4.12. The molecule has 0 saturated heterocycles. The Bertz CT molecular complexity index is 518. The zero-order chi connectivity index (χ0) is 14.3. The highest BCUT2D eigenvalue weighted by Gasteiger charge is 2.07. The summed E-state index contributed by atoms with van der Waals surface area (Å²) in [6.07, 6.45) is 1.64. The van der Waals surface area contributed by atoms with Gasteiger partial charge in [-0.15, -0.1) is 0 Å². The van der Waals surface area contributed by atoms with Gasteiger partial charge >= 0.3 is 0 Å². The fraction of sp³-hybridized carbons (Fsp3) is 0.308. The van der Waals surface area contributed by atoms with Gasteiger partial charge in [0.25, 0.3) is 0 Å². The van der Waals surface area contributed by atoms with Crippen molar-refractivity contribution in [2.24, 2.45) is 0 Å². The smallest absolute Gasteiger partial charge is 0.169 e. The quantitative estimate of drug-likeness (QED) is 0.635. The lowest BCUT2D eigenvalue weighted by Crippen LogP contribution is -2.32. The molecule has 1 heterocycles. The predicted octanol–water partition coefficient (Wildman–Crippen LogP) is 2.08. The summed E-state index contributed by atoms with van der Waals surface area (Å²) in [5, 5.41) is 24.3. The second kappa shape index (κ2) is 7.25. The molecular formula is C13H14ClN5. The SMILES string of the molecule is CC(C)NC(NCc1ccc(Cl)nc1)=C(C#N)C#N. The van der Waals surface area contributed by atoms with Crippen molar-refractivity contribution in [3.8, 4) is 12.1 Å². The fourth-order valence-electron chi connectivity index (χ4n) is 1.34. The van der Waals surface area contributed by atoms with Gasteiger partial charge in [-0.2, -0.15) is 10.5 Å². The average molecular weight is 276 g/mol. The van der Waals surface area contributed by atoms with Crippen LogP contribution in [0.5, 0.6) is 0 Å². The summed E-state index contributed by atoms with van der Waals surface area (Å²) in [5.41, 5.74) is 0.929. The van der Waals surface area contributed by atoms with Crippen molar-refractivity contribution in [1.82, 2.24) is 15.6 Å². The van der Waals surface area contributed by atoms with Crippen molar-refractivity contribution < 1.29 is 0 Å². The van der Waals surface area contributed by atoms with Gasteiger partial charge in [0.1, 0.15) is 23.1 Å². The van der Waals surface area contributed by atoms with Gasteiger partial charge in [-0.1, -0.05) is 17.7 Å². The van der Waals surface area contributed by atoms with Crippen LogP contribution in [0.15, 0.2) is 29.7 Å². The van der Waals surface area contributed by atoms with Gasteiger partial charge in [0.2, 0.25) is 0 Å². The van der Waals surface area contributed by atoms with Crippen molar-refractivity contribution in [3.05, 3.63) is 40.4 Å². The molecule has 0 fully saturated rings. The van der Waals surface area contributed by atoms with E-state index in [-0.39, 0.29) is 11.6 Å². The first-order valence-electron chi connectivity index (χ1n) is 5.72. The minimum Gasteiger partial charge on any atom is -0.368 e. The van der Waals surface area contributed by atoms with Crippen LogP contribution in [0.3, 0.4) is 0 Å². The Morgan fingerprint density at radius 1 is 1.37 bits per heavy atom. The molecule has 0 aliphatic heterocycles. The number of allylic oxidation sites excluding steroid dienone is 1. The summed E-state index contributed by atoms with van der Waals surface area (Å²) >= 11 is 5.70. The molecule has 1 rings (SSSR count). The molecule has 0 saturated carbocycles. The van der Waals surface area contributed by atoms with Crippen LogP contribution in [0.2, 0.25) is 5.15 Å². The van der Waals surface area contributed by atoms with E-state index in [9.17, 15) is 0 Å². The minimum atomic E-state index is 0.0237. The maximum atomic E-state index is 8.90. The largest absolute Gasteiger partial charge is 0.368 e. The lowest BCUT2D eigenvalue weighted by molar-refractivity contribution is 0.603. The third-order valence-corrected chi connectivity index (χ3v) is 2.39. The van der Waals surface area contributed by atoms with E-state index >= 15 is 0 Å². The van der Waals surface area contributed by atoms with Crippen LogP contribution in [0, 0.1) is 22.7 Å². The number of nitrogens with zero attached hydrogens (tertiary/aromatic N) is 3. The van der Waals surface area contributed by atoms with Gasteiger partial charge < -0.3 is 10.6 Å². The van der Waals surface area contributed by atoms with E-state index in [1.165, 1.54) is 0 Å². The number of hydrogen-bond acceptors (Lipinski definition) is 5. The molecule has 19 heavy (non-hydrogen) atoms. The normalized spacial score (nSPS) is 9.37. The summed E-state index contributed by atoms with van der Waals surface area (Å²) in [7, 11) is 0. The van der Waals surface area contributed by atoms with E-state index in [1.54, 1.807) is 12.3 Å². The first kappa shape index (κ1) is 14.8. The minimum absolute atomic E-state index is 0.0237. The molecular weight excluding hydrogens is 262 g/mol. The van der Waals surface area contributed by atoms with Crippen LogP contribution in [0.25, 0.3) is 0 Å². The van der Waals surface area contributed by atoms with Gasteiger partial charge in [0.05, 0.1) is 0 Å². The molecule has 98 valence electrons. The highest BCUT2D eigenvalue weighted by Crippen LogP contribution is 2.06. The van der Waals surface area contributed by atoms with E-state index in [2.05, 4.69) is 15.6 Å². The summed E-state index contributed by atoms with van der Waals surface area (Å²) < 4.78 is 0. The first-order valence-corrected chi connectivity index (χ1v) is 6.10. The number of nitriles is 2. The molecule has 0 bridgehead atoms. The predicted molar refractivity (Wildman–Crippen MR) is 72.6 cm³/mol. The Kier molecular flexibility index (Phi) is 5.66. The molecule has 0 amide bonds. The molecule has 6 heteroatoms. The van der Waals surface area contributed by atoms with Crippen molar-refractivity contribution in [2.45, 2.75) is 26.4 Å². The second-order valence-corrected chi connectivity index (χ2v) is 4.50. The zero-order valence-corrected chi connectivity index (χ0v) is 11.5. The van der Waals surface area contributed by atoms with Gasteiger partial charge in [-0.3, -0.25) is 0 Å². The highest BCUT2D eigenvalue weighted by atomic mass is 35.5. The fourth-order valence-corrected chi connectivity index (χ4v) is 1.45. The van der Waals surface area contributed by atoms with Crippen LogP contribution in [0.1, 0.15) is 19.4 Å². The molecule has 0 radical (unpaired) electrons. The Labute approximate surface area is 117 Å². The summed E-state index contributed by atoms with van der Waals surface area (Å²) in [6, 6.07) is 7.35. The Hall–Kier alpha value is -2.24. The van der Waals surface area contributed by atoms with Crippen molar-refractivity contribution in [3.63, 3.8) is 0 Å². The monoisotopic (exact) mass is 275 g/mol. The van der Waals surface area contributed by atoms with E-state index in [0.717, 1.165) is 5.56 Å². The number of aromatic nitrogens is 1. The lowest BCUT2D eigenvalue weighted by atomic mass is 10.2. The molecule has 5 nitrogen and oxygen atoms in total. The van der Waals surface area contributed by atoms with Gasteiger partial charge in [0.15, 0.2) is 5.57 Å². The van der Waals surface area contributed by atoms with Crippen molar-refractivity contribution >= 4 is 11.6 Å². The third kappa shape index (κ3) is 4.87. The maximum absolute atomic E-state index is 8.90. The third-order valence-electron chi connectivity index (χ3n) is 2.16. The molecule has 0 aliphatic rings. The standard InChI is InChI=1S/C13H14ClN5/c1-9(2)19-13(11(5-15)6-16)18-8-10-3-4-12(14)17-7-10/h3-4,7,9,18-19H,8H2,1-2H3. The number of pyridine rings is 1. The molecule has 1 aromatic heterocycles. The van der Waals surface area contributed by atoms with Crippen LogP contribution >= 0.6 is 11.6 Å². The van der Waals surface area contributed by atoms with Gasteiger partial charge in [0, 0.05) is 18.8 Å². The topological polar surface area (TPSA) is 84.5 Å². The number of halogens is 1. The van der Waals surface area contributed by atoms with Crippen LogP contribution in [-0.2, 0) is 6.54 Å². The molecule has 0 unspecified atom stereocenters. The highest BCUT2D eigenvalue weighted by molar-refractivity contribution is 6.29. The lowest BCUT2D eigenvalue weighted by Gasteiger charge is -2.16. The van der Waals surface area contributed by atoms with Gasteiger partial charge in [-0.25, -0.2) is 4.98 Å². The molecule has 1 aromatic rings. The van der Waals surface area contributed by atoms with Crippen molar-refractivity contribution in [2.75, 3.05) is 0 Å². The zero-order valence-electron chi connectivity index (χ0n) is 10.7. The van der Waals surface area contributed by atoms with E-state index in [0.29, 0.717) is 17.5 Å². The van der Waals surface area contributed by atoms with Crippen LogP contribution in [0.4, 0.5) is 0 Å². The van der Waals surface area contributed by atoms with Crippen molar-refractivity contribution in [1.29, 1.82) is 10.5 Å². The van der Waals surface area contributed by atoms with E-state index < -0.39 is 0 Å². The molecule has 0 aromatic carbocycles. The van der Waals surface area contributed by atoms with Crippen LogP contribution < -0.4 is 10.6 Å². The number of hydrogen-bond donors (Lipinski definition) is 2. The maximum Gasteiger partial charge on any atom is 0.169 e. The van der Waals surface area contributed by atoms with E-state index in [4.69, 9.17) is 22.1 Å². The molecule has 2 N–H and O–H groups in total. The van der Waals surface area contributed by atoms with E-state index in [1.807, 2.05) is 32.1 Å². The Morgan fingerprint density at radius 3 is 2.53 bits per heavy atom. The summed E-state index contributed by atoms with van der Waals surface area (Å²) in [5.74, 6) is 0.426. The van der Waals surface area contributed by atoms with Crippen LogP contribution in [-0.4, -0.2) is 11.0 Å². The average Bonchev–Trinajstić information content (AvgIpc) is 2.38. The number of rotatable bonds is 5. The summed E-state index contributed by atoms with van der Waals surface area (Å²) in [4.78, 5) is 3.96. The summed E-state index contributed by atoms with van der Waals surface area (Å²) in [6.45, 7) is 4.31.